The predicted molar refractivity (Wildman–Crippen MR) is 74.7 cm³/mol. The summed E-state index contributed by atoms with van der Waals surface area (Å²) in [6.07, 6.45) is 6.22. The number of carbonyl (C=O) groups is 1. The number of halogens is 1. The maximum Gasteiger partial charge on any atom is 0.340 e. The van der Waals surface area contributed by atoms with Crippen LogP contribution >= 0.6 is 0 Å². The first-order valence-electron chi connectivity index (χ1n) is 7.06. The van der Waals surface area contributed by atoms with Crippen molar-refractivity contribution in [1.29, 1.82) is 0 Å². The van der Waals surface area contributed by atoms with Crippen molar-refractivity contribution in [1.82, 2.24) is 0 Å². The molecule has 0 aliphatic heterocycles. The summed E-state index contributed by atoms with van der Waals surface area (Å²) in [5.41, 5.74) is -0.0186. The fraction of sp³-hybridized carbons (Fsp3) is 0.533. The zero-order chi connectivity index (χ0) is 14.4. The Kier molecular flexibility index (Phi) is 5.35. The number of carboxylic acid groups (broad SMARTS) is 1. The van der Waals surface area contributed by atoms with Gasteiger partial charge in [0.2, 0.25) is 0 Å². The highest BCUT2D eigenvalue weighted by Crippen LogP contribution is 2.21. The number of hydrogen-bond acceptors (Lipinski definition) is 3. The molecule has 0 amide bonds. The molecule has 0 aromatic heterocycles. The molecule has 0 heterocycles. The Morgan fingerprint density at radius 1 is 1.35 bits per heavy atom. The number of carboxylic acids is 1. The van der Waals surface area contributed by atoms with Gasteiger partial charge in [0.05, 0.1) is 18.4 Å². The van der Waals surface area contributed by atoms with Crippen LogP contribution in [-0.4, -0.2) is 30.3 Å². The molecule has 20 heavy (non-hydrogen) atoms. The van der Waals surface area contributed by atoms with Gasteiger partial charge in [-0.15, -0.1) is 0 Å². The van der Waals surface area contributed by atoms with E-state index in [9.17, 15) is 9.18 Å². The SMILES string of the molecule is O=C(O)c1c(F)cccc1NCCOC1CCCCC1. The highest BCUT2D eigenvalue weighted by Gasteiger charge is 2.16. The minimum absolute atomic E-state index is 0.296. The van der Waals surface area contributed by atoms with Crippen LogP contribution in [0.1, 0.15) is 42.5 Å². The van der Waals surface area contributed by atoms with E-state index in [0.29, 0.717) is 24.9 Å². The molecule has 0 bridgehead atoms. The molecule has 1 aliphatic rings. The Morgan fingerprint density at radius 2 is 2.10 bits per heavy atom. The quantitative estimate of drug-likeness (QED) is 0.786. The lowest BCUT2D eigenvalue weighted by Crippen LogP contribution is -2.21. The number of benzene rings is 1. The minimum atomic E-state index is -1.27. The molecular weight excluding hydrogens is 261 g/mol. The van der Waals surface area contributed by atoms with Crippen LogP contribution in [0.4, 0.5) is 10.1 Å². The molecule has 1 aromatic carbocycles. The number of ether oxygens (including phenoxy) is 1. The summed E-state index contributed by atoms with van der Waals surface area (Å²) in [4.78, 5) is 11.0. The molecule has 2 rings (SSSR count). The van der Waals surface area contributed by atoms with Gasteiger partial charge in [0, 0.05) is 6.54 Å². The molecule has 4 nitrogen and oxygen atoms in total. The summed E-state index contributed by atoms with van der Waals surface area (Å²) in [6, 6.07) is 4.20. The van der Waals surface area contributed by atoms with Crippen LogP contribution in [0.5, 0.6) is 0 Å². The van der Waals surface area contributed by atoms with E-state index in [0.717, 1.165) is 18.9 Å². The molecule has 2 N–H and O–H groups in total. The van der Waals surface area contributed by atoms with Crippen molar-refractivity contribution in [3.8, 4) is 0 Å². The highest BCUT2D eigenvalue weighted by molar-refractivity contribution is 5.94. The number of anilines is 1. The van der Waals surface area contributed by atoms with Crippen molar-refractivity contribution in [3.63, 3.8) is 0 Å². The normalized spacial score (nSPS) is 16.1. The van der Waals surface area contributed by atoms with E-state index in [2.05, 4.69) is 5.32 Å². The van der Waals surface area contributed by atoms with Crippen molar-refractivity contribution in [2.45, 2.75) is 38.2 Å². The largest absolute Gasteiger partial charge is 0.478 e. The number of rotatable bonds is 6. The van der Waals surface area contributed by atoms with Gasteiger partial charge in [0.15, 0.2) is 0 Å². The van der Waals surface area contributed by atoms with Crippen LogP contribution in [0, 0.1) is 5.82 Å². The lowest BCUT2D eigenvalue weighted by atomic mass is 9.98. The van der Waals surface area contributed by atoms with Crippen LogP contribution in [0.25, 0.3) is 0 Å². The highest BCUT2D eigenvalue weighted by atomic mass is 19.1. The summed E-state index contributed by atoms with van der Waals surface area (Å²) in [6.45, 7) is 0.973. The zero-order valence-electron chi connectivity index (χ0n) is 11.4. The van der Waals surface area contributed by atoms with E-state index in [1.807, 2.05) is 0 Å². The Balaban J connectivity index is 1.82. The average Bonchev–Trinajstić information content (AvgIpc) is 2.44. The smallest absolute Gasteiger partial charge is 0.340 e. The Morgan fingerprint density at radius 3 is 2.80 bits per heavy atom. The van der Waals surface area contributed by atoms with Crippen LogP contribution in [0.2, 0.25) is 0 Å². The van der Waals surface area contributed by atoms with Gasteiger partial charge in [-0.25, -0.2) is 9.18 Å². The van der Waals surface area contributed by atoms with Crippen molar-refractivity contribution < 1.29 is 19.0 Å². The summed E-state index contributed by atoms with van der Waals surface area (Å²) in [7, 11) is 0. The first-order valence-corrected chi connectivity index (χ1v) is 7.06. The molecule has 1 saturated carbocycles. The van der Waals surface area contributed by atoms with Gasteiger partial charge in [0.25, 0.3) is 0 Å². The standard InChI is InChI=1S/C15H20FNO3/c16-12-7-4-8-13(14(12)15(18)19)17-9-10-20-11-5-2-1-3-6-11/h4,7-8,11,17H,1-3,5-6,9-10H2,(H,18,19). The van der Waals surface area contributed by atoms with E-state index < -0.39 is 11.8 Å². The third kappa shape index (κ3) is 3.93. The van der Waals surface area contributed by atoms with Gasteiger partial charge in [-0.05, 0) is 25.0 Å². The first-order chi connectivity index (χ1) is 9.68. The topological polar surface area (TPSA) is 58.6 Å². The maximum absolute atomic E-state index is 13.4. The molecular formula is C15H20FNO3. The lowest BCUT2D eigenvalue weighted by Gasteiger charge is -2.22. The fourth-order valence-electron chi connectivity index (χ4n) is 2.53. The van der Waals surface area contributed by atoms with Gasteiger partial charge in [0.1, 0.15) is 11.4 Å². The van der Waals surface area contributed by atoms with Gasteiger partial charge in [-0.2, -0.15) is 0 Å². The summed E-state index contributed by atoms with van der Waals surface area (Å²) in [5.74, 6) is -1.99. The second-order valence-electron chi connectivity index (χ2n) is 5.03. The summed E-state index contributed by atoms with van der Waals surface area (Å²) in [5, 5.41) is 11.9. The number of nitrogens with one attached hydrogen (secondary N) is 1. The monoisotopic (exact) mass is 281 g/mol. The molecule has 0 radical (unpaired) electrons. The van der Waals surface area contributed by atoms with Crippen molar-refractivity contribution in [3.05, 3.63) is 29.6 Å². The van der Waals surface area contributed by atoms with Crippen LogP contribution < -0.4 is 5.32 Å². The fourth-order valence-corrected chi connectivity index (χ4v) is 2.53. The number of aromatic carboxylic acids is 1. The van der Waals surface area contributed by atoms with Crippen molar-refractivity contribution in [2.24, 2.45) is 0 Å². The van der Waals surface area contributed by atoms with Gasteiger partial charge in [-0.1, -0.05) is 25.3 Å². The molecule has 5 heteroatoms. The van der Waals surface area contributed by atoms with Gasteiger partial charge in [-0.3, -0.25) is 0 Å². The van der Waals surface area contributed by atoms with Gasteiger partial charge >= 0.3 is 5.97 Å². The lowest BCUT2D eigenvalue weighted by molar-refractivity contribution is 0.0347. The number of hydrogen-bond donors (Lipinski definition) is 2. The van der Waals surface area contributed by atoms with Crippen LogP contribution in [-0.2, 0) is 4.74 Å². The first kappa shape index (κ1) is 14.8. The maximum atomic E-state index is 13.4. The van der Waals surface area contributed by atoms with Gasteiger partial charge < -0.3 is 15.2 Å². The second-order valence-corrected chi connectivity index (χ2v) is 5.03. The second kappa shape index (κ2) is 7.24. The molecule has 0 saturated heterocycles. The van der Waals surface area contributed by atoms with Crippen molar-refractivity contribution >= 4 is 11.7 Å². The van der Waals surface area contributed by atoms with Crippen LogP contribution in [0.15, 0.2) is 18.2 Å². The molecule has 1 aromatic rings. The average molecular weight is 281 g/mol. The summed E-state index contributed by atoms with van der Waals surface area (Å²) < 4.78 is 19.2. The third-order valence-electron chi connectivity index (χ3n) is 3.55. The van der Waals surface area contributed by atoms with E-state index >= 15 is 0 Å². The van der Waals surface area contributed by atoms with Crippen molar-refractivity contribution in [2.75, 3.05) is 18.5 Å². The van der Waals surface area contributed by atoms with E-state index in [1.54, 1.807) is 6.07 Å². The Hall–Kier alpha value is -1.62. The van der Waals surface area contributed by atoms with E-state index in [1.165, 1.54) is 25.3 Å². The van der Waals surface area contributed by atoms with E-state index in [4.69, 9.17) is 9.84 Å². The van der Waals surface area contributed by atoms with Crippen LogP contribution in [0.3, 0.4) is 0 Å². The minimum Gasteiger partial charge on any atom is -0.478 e. The third-order valence-corrected chi connectivity index (χ3v) is 3.55. The zero-order valence-corrected chi connectivity index (χ0v) is 11.4. The molecule has 1 fully saturated rings. The molecule has 1 aliphatic carbocycles. The summed E-state index contributed by atoms with van der Waals surface area (Å²) >= 11 is 0. The molecule has 0 unspecified atom stereocenters. The Bertz CT molecular complexity index is 458. The Labute approximate surface area is 117 Å². The predicted octanol–water partition coefficient (Wildman–Crippen LogP) is 3.29. The molecule has 110 valence electrons. The van der Waals surface area contributed by atoms with E-state index in [-0.39, 0.29) is 5.56 Å². The molecule has 0 spiro atoms. The molecule has 0 atom stereocenters.